The van der Waals surface area contributed by atoms with E-state index in [1.165, 1.54) is 42.5 Å². The van der Waals surface area contributed by atoms with Crippen molar-refractivity contribution in [2.24, 2.45) is 0 Å². The smallest absolute Gasteiger partial charge is 0.453 e. The monoisotopic (exact) mass is 532 g/mol. The summed E-state index contributed by atoms with van der Waals surface area (Å²) in [5.74, 6) is -3.07. The lowest BCUT2D eigenvalue weighted by Crippen LogP contribution is -2.15. The highest BCUT2D eigenvalue weighted by atomic mass is 35.5. The number of benzene rings is 3. The lowest BCUT2D eigenvalue weighted by Gasteiger charge is -2.14. The lowest BCUT2D eigenvalue weighted by atomic mass is 10.2. The maximum Gasteiger partial charge on any atom is 0.453 e. The molecule has 0 radical (unpaired) electrons. The van der Waals surface area contributed by atoms with E-state index in [0.29, 0.717) is 11.4 Å². The summed E-state index contributed by atoms with van der Waals surface area (Å²) in [6.07, 6.45) is -4.38. The zero-order valence-electron chi connectivity index (χ0n) is 19.4. The van der Waals surface area contributed by atoms with Crippen LogP contribution in [0, 0.1) is 0 Å². The fraction of sp³-hybridized carbons (Fsp3) is 0.185. The minimum Gasteiger partial charge on any atom is -0.489 e. The second kappa shape index (κ2) is 11.0. The first kappa shape index (κ1) is 26.1. The van der Waals surface area contributed by atoms with Crippen LogP contribution >= 0.6 is 11.6 Å². The van der Waals surface area contributed by atoms with E-state index < -0.39 is 29.1 Å². The number of carbonyl (C=O) groups excluding carboxylic acids is 1. The SMILES string of the molecule is CCCOC(=O)c1ccc(Oc2c(C(F)(F)F)oc3cc(OCc4ccc(Cl)cc4)ccc3c2=O)cc1. The minimum absolute atomic E-state index is 0.0906. The van der Waals surface area contributed by atoms with Crippen molar-refractivity contribution in [3.8, 4) is 17.2 Å². The predicted molar refractivity (Wildman–Crippen MR) is 130 cm³/mol. The van der Waals surface area contributed by atoms with Crippen LogP contribution in [0.2, 0.25) is 5.02 Å². The number of ether oxygens (including phenoxy) is 3. The van der Waals surface area contributed by atoms with Gasteiger partial charge < -0.3 is 18.6 Å². The Balaban J connectivity index is 1.63. The summed E-state index contributed by atoms with van der Waals surface area (Å²) in [6, 6.07) is 16.0. The molecule has 0 aliphatic heterocycles. The first-order valence-corrected chi connectivity index (χ1v) is 11.5. The van der Waals surface area contributed by atoms with Crippen LogP contribution in [0.3, 0.4) is 0 Å². The number of carbonyl (C=O) groups is 1. The average molecular weight is 533 g/mol. The molecule has 0 spiro atoms. The third kappa shape index (κ3) is 6.24. The van der Waals surface area contributed by atoms with Crippen LogP contribution in [-0.4, -0.2) is 12.6 Å². The Labute approximate surface area is 214 Å². The Kier molecular flexibility index (Phi) is 7.73. The summed E-state index contributed by atoms with van der Waals surface area (Å²) >= 11 is 5.86. The summed E-state index contributed by atoms with van der Waals surface area (Å²) in [4.78, 5) is 24.9. The maximum absolute atomic E-state index is 13.8. The van der Waals surface area contributed by atoms with Gasteiger partial charge in [-0.2, -0.15) is 13.2 Å². The van der Waals surface area contributed by atoms with Gasteiger partial charge in [0.15, 0.2) is 0 Å². The first-order chi connectivity index (χ1) is 17.7. The van der Waals surface area contributed by atoms with Crippen molar-refractivity contribution in [1.82, 2.24) is 0 Å². The largest absolute Gasteiger partial charge is 0.489 e. The zero-order valence-corrected chi connectivity index (χ0v) is 20.2. The van der Waals surface area contributed by atoms with Gasteiger partial charge in [-0.15, -0.1) is 0 Å². The van der Waals surface area contributed by atoms with Crippen molar-refractivity contribution in [2.45, 2.75) is 26.1 Å². The van der Waals surface area contributed by atoms with Crippen LogP contribution in [0.1, 0.15) is 35.0 Å². The van der Waals surface area contributed by atoms with Gasteiger partial charge in [0.05, 0.1) is 17.6 Å². The topological polar surface area (TPSA) is 75.0 Å². The van der Waals surface area contributed by atoms with Gasteiger partial charge in [0, 0.05) is 11.1 Å². The van der Waals surface area contributed by atoms with Gasteiger partial charge in [0.1, 0.15) is 23.7 Å². The molecule has 4 aromatic rings. The first-order valence-electron chi connectivity index (χ1n) is 11.2. The molecule has 0 fully saturated rings. The van der Waals surface area contributed by atoms with Crippen molar-refractivity contribution >= 4 is 28.5 Å². The molecule has 0 aliphatic rings. The molecule has 4 rings (SSSR count). The highest BCUT2D eigenvalue weighted by Crippen LogP contribution is 2.38. The van der Waals surface area contributed by atoms with Gasteiger partial charge in [0.25, 0.3) is 5.76 Å². The van der Waals surface area contributed by atoms with E-state index in [9.17, 15) is 22.8 Å². The Morgan fingerprint density at radius 2 is 1.65 bits per heavy atom. The molecular weight excluding hydrogens is 513 g/mol. The van der Waals surface area contributed by atoms with Crippen molar-refractivity contribution in [3.05, 3.63) is 98.9 Å². The van der Waals surface area contributed by atoms with Crippen LogP contribution in [0.15, 0.2) is 75.9 Å². The predicted octanol–water partition coefficient (Wildman–Crippen LogP) is 7.40. The molecule has 10 heteroatoms. The molecule has 37 heavy (non-hydrogen) atoms. The highest BCUT2D eigenvalue weighted by molar-refractivity contribution is 6.30. The Morgan fingerprint density at radius 3 is 2.30 bits per heavy atom. The Hall–Kier alpha value is -3.98. The van der Waals surface area contributed by atoms with Crippen LogP contribution in [0.4, 0.5) is 13.2 Å². The van der Waals surface area contributed by atoms with E-state index in [4.69, 9.17) is 30.2 Å². The minimum atomic E-state index is -5.02. The number of esters is 1. The standard InChI is InChI=1S/C27H20ClF3O6/c1-2-13-34-26(33)17-5-9-19(10-6-17)36-24-23(32)21-12-11-20(14-22(21)37-25(24)27(29,30)31)35-15-16-3-7-18(28)8-4-16/h3-12,14H,2,13,15H2,1H3. The van der Waals surface area contributed by atoms with Crippen LogP contribution in [0.25, 0.3) is 11.0 Å². The van der Waals surface area contributed by atoms with Gasteiger partial charge in [-0.1, -0.05) is 30.7 Å². The third-order valence-electron chi connectivity index (χ3n) is 5.15. The van der Waals surface area contributed by atoms with Gasteiger partial charge in [-0.05, 0) is 60.5 Å². The van der Waals surface area contributed by atoms with Gasteiger partial charge in [-0.25, -0.2) is 4.79 Å². The second-order valence-electron chi connectivity index (χ2n) is 7.92. The quantitative estimate of drug-likeness (QED) is 0.220. The Bertz CT molecular complexity index is 1460. The summed E-state index contributed by atoms with van der Waals surface area (Å²) in [5, 5.41) is 0.431. The molecule has 0 saturated carbocycles. The van der Waals surface area contributed by atoms with Crippen molar-refractivity contribution < 1.29 is 36.6 Å². The molecule has 0 atom stereocenters. The molecule has 1 heterocycles. The average Bonchev–Trinajstić information content (AvgIpc) is 2.88. The normalized spacial score (nSPS) is 11.4. The summed E-state index contributed by atoms with van der Waals surface area (Å²) < 4.78 is 62.6. The lowest BCUT2D eigenvalue weighted by molar-refractivity contribution is -0.154. The molecule has 0 saturated heterocycles. The molecule has 0 aliphatic carbocycles. The van der Waals surface area contributed by atoms with Gasteiger partial charge >= 0.3 is 12.1 Å². The number of hydrogen-bond donors (Lipinski definition) is 0. The zero-order chi connectivity index (χ0) is 26.6. The van der Waals surface area contributed by atoms with Crippen molar-refractivity contribution in [2.75, 3.05) is 6.61 Å². The van der Waals surface area contributed by atoms with E-state index in [1.54, 1.807) is 24.3 Å². The number of hydrogen-bond acceptors (Lipinski definition) is 6. The van der Waals surface area contributed by atoms with E-state index in [2.05, 4.69) is 0 Å². The fourth-order valence-electron chi connectivity index (χ4n) is 3.33. The number of rotatable bonds is 8. The Morgan fingerprint density at radius 1 is 0.973 bits per heavy atom. The fourth-order valence-corrected chi connectivity index (χ4v) is 3.45. The number of halogens is 4. The molecule has 1 aromatic heterocycles. The van der Waals surface area contributed by atoms with E-state index in [-0.39, 0.29) is 41.2 Å². The molecule has 3 aromatic carbocycles. The van der Waals surface area contributed by atoms with Crippen LogP contribution < -0.4 is 14.9 Å². The molecular formula is C27H20ClF3O6. The third-order valence-corrected chi connectivity index (χ3v) is 5.40. The molecule has 0 bridgehead atoms. The maximum atomic E-state index is 13.8. The van der Waals surface area contributed by atoms with Crippen molar-refractivity contribution in [3.63, 3.8) is 0 Å². The second-order valence-corrected chi connectivity index (χ2v) is 8.36. The van der Waals surface area contributed by atoms with Gasteiger partial charge in [0.2, 0.25) is 11.2 Å². The number of alkyl halides is 3. The molecule has 0 unspecified atom stereocenters. The van der Waals surface area contributed by atoms with E-state index in [1.807, 2.05) is 6.92 Å². The van der Waals surface area contributed by atoms with Crippen LogP contribution in [0.5, 0.6) is 17.2 Å². The number of fused-ring (bicyclic) bond motifs is 1. The summed E-state index contributed by atoms with van der Waals surface area (Å²) in [7, 11) is 0. The summed E-state index contributed by atoms with van der Waals surface area (Å²) in [5.41, 5.74) is -0.347. The summed E-state index contributed by atoms with van der Waals surface area (Å²) in [6.45, 7) is 2.20. The molecule has 192 valence electrons. The van der Waals surface area contributed by atoms with E-state index in [0.717, 1.165) is 5.56 Å². The molecule has 0 amide bonds. The van der Waals surface area contributed by atoms with Crippen molar-refractivity contribution in [1.29, 1.82) is 0 Å². The highest BCUT2D eigenvalue weighted by Gasteiger charge is 2.40. The molecule has 6 nitrogen and oxygen atoms in total. The van der Waals surface area contributed by atoms with E-state index >= 15 is 0 Å². The van der Waals surface area contributed by atoms with Crippen LogP contribution in [-0.2, 0) is 17.5 Å². The van der Waals surface area contributed by atoms with Gasteiger partial charge in [-0.3, -0.25) is 4.79 Å². The molecule has 0 N–H and O–H groups in total.